The normalized spacial score (nSPS) is 18.9. The molecule has 0 aromatic heterocycles. The van der Waals surface area contributed by atoms with Gasteiger partial charge >= 0.3 is 12.0 Å². The number of nitrogens with one attached hydrogen (secondary N) is 1. The van der Waals surface area contributed by atoms with Gasteiger partial charge in [0.2, 0.25) is 0 Å². The van der Waals surface area contributed by atoms with E-state index in [0.717, 1.165) is 11.1 Å². The fourth-order valence-electron chi connectivity index (χ4n) is 4.89. The highest BCUT2D eigenvalue weighted by Crippen LogP contribution is 2.33. The predicted octanol–water partition coefficient (Wildman–Crippen LogP) is 3.50. The first kappa shape index (κ1) is 26.3. The van der Waals surface area contributed by atoms with E-state index in [4.69, 9.17) is 4.74 Å². The van der Waals surface area contributed by atoms with Crippen molar-refractivity contribution in [2.45, 2.75) is 26.3 Å². The highest BCUT2D eigenvalue weighted by molar-refractivity contribution is 5.95. The average Bonchev–Trinajstić information content (AvgIpc) is 3.12. The summed E-state index contributed by atoms with van der Waals surface area (Å²) in [6.07, 6.45) is 0.709. The van der Waals surface area contributed by atoms with Crippen LogP contribution in [0.5, 0.6) is 0 Å². The molecule has 8 nitrogen and oxygen atoms in total. The van der Waals surface area contributed by atoms with Gasteiger partial charge in [0, 0.05) is 51.0 Å². The maximum Gasteiger partial charge on any atom is 0.338 e. The molecule has 0 aliphatic carbocycles. The molecule has 2 aliphatic rings. The molecule has 0 bridgehead atoms. The molecule has 2 aliphatic heterocycles. The summed E-state index contributed by atoms with van der Waals surface area (Å²) in [7, 11) is 1.65. The zero-order valence-corrected chi connectivity index (χ0v) is 21.5. The molecule has 3 amide bonds. The Morgan fingerprint density at radius 3 is 2.59 bits per heavy atom. The maximum atomic E-state index is 13.6. The van der Waals surface area contributed by atoms with Crippen LogP contribution >= 0.6 is 0 Å². The molecular weight excluding hydrogens is 475 g/mol. The smallest absolute Gasteiger partial charge is 0.338 e. The van der Waals surface area contributed by atoms with Crippen molar-refractivity contribution in [3.05, 3.63) is 82.3 Å². The topological polar surface area (TPSA) is 82.2 Å². The van der Waals surface area contributed by atoms with Gasteiger partial charge in [0.05, 0.1) is 18.2 Å². The fourth-order valence-corrected chi connectivity index (χ4v) is 4.89. The summed E-state index contributed by atoms with van der Waals surface area (Å²) in [5.41, 5.74) is 3.12. The Bertz CT molecular complexity index is 1210. The van der Waals surface area contributed by atoms with Gasteiger partial charge < -0.3 is 15.0 Å². The zero-order valence-electron chi connectivity index (χ0n) is 21.5. The number of rotatable bonds is 6. The molecule has 1 N–H and O–H groups in total. The van der Waals surface area contributed by atoms with Crippen molar-refractivity contribution >= 4 is 17.9 Å². The lowest BCUT2D eigenvalue weighted by Crippen LogP contribution is -2.49. The third kappa shape index (κ3) is 5.83. The second-order valence-electron chi connectivity index (χ2n) is 9.31. The molecule has 1 saturated heterocycles. The number of amides is 3. The summed E-state index contributed by atoms with van der Waals surface area (Å²) in [5, 5.41) is 2.96. The van der Waals surface area contributed by atoms with E-state index in [2.05, 4.69) is 10.2 Å². The molecule has 1 fully saturated rings. The lowest BCUT2D eigenvalue weighted by Gasteiger charge is -2.37. The van der Waals surface area contributed by atoms with Crippen molar-refractivity contribution in [2.24, 2.45) is 0 Å². The average molecular weight is 509 g/mol. The maximum absolute atomic E-state index is 13.6. The Balaban J connectivity index is 1.60. The van der Waals surface area contributed by atoms with Crippen LogP contribution in [0.4, 0.5) is 9.18 Å². The molecule has 0 unspecified atom stereocenters. The number of carbonyl (C=O) groups excluding carboxylic acids is 3. The van der Waals surface area contributed by atoms with Gasteiger partial charge in [0.1, 0.15) is 5.82 Å². The molecule has 2 aromatic carbocycles. The molecule has 4 rings (SSSR count). The standard InChI is InChI=1S/C28H33FN4O4/c1-4-37-27(35)24-23(31(3)28(36)30-25(24)22-12-6-5-9-19(22)2)18-32-13-8-14-33(16-15-32)26(34)20-10-7-11-21(29)17-20/h5-7,9-12,17,25H,4,8,13-16,18H2,1-3H3,(H,30,36)/t25-/m0/s1. The molecule has 2 aromatic rings. The van der Waals surface area contributed by atoms with Crippen molar-refractivity contribution in [1.82, 2.24) is 20.0 Å². The first-order valence-electron chi connectivity index (χ1n) is 12.6. The Morgan fingerprint density at radius 1 is 1.08 bits per heavy atom. The Morgan fingerprint density at radius 2 is 1.86 bits per heavy atom. The van der Waals surface area contributed by atoms with Crippen molar-refractivity contribution in [3.63, 3.8) is 0 Å². The second kappa shape index (κ2) is 11.6. The summed E-state index contributed by atoms with van der Waals surface area (Å²) in [6.45, 7) is 6.48. The Labute approximate surface area is 216 Å². The van der Waals surface area contributed by atoms with Crippen molar-refractivity contribution in [3.8, 4) is 0 Å². The number of hydrogen-bond acceptors (Lipinski definition) is 5. The minimum Gasteiger partial charge on any atom is -0.463 e. The van der Waals surface area contributed by atoms with E-state index in [-0.39, 0.29) is 18.5 Å². The molecular formula is C28H33FN4O4. The van der Waals surface area contributed by atoms with Crippen LogP contribution in [0.2, 0.25) is 0 Å². The van der Waals surface area contributed by atoms with Gasteiger partial charge in [-0.3, -0.25) is 14.6 Å². The molecule has 196 valence electrons. The third-order valence-corrected chi connectivity index (χ3v) is 6.89. The molecule has 0 saturated carbocycles. The van der Waals surface area contributed by atoms with Crippen LogP contribution in [-0.4, -0.2) is 79.0 Å². The number of urea groups is 1. The predicted molar refractivity (Wildman–Crippen MR) is 137 cm³/mol. The van der Waals surface area contributed by atoms with Gasteiger partial charge in [-0.25, -0.2) is 14.0 Å². The highest BCUT2D eigenvalue weighted by atomic mass is 19.1. The van der Waals surface area contributed by atoms with Crippen LogP contribution in [0.1, 0.15) is 40.9 Å². The molecule has 0 spiro atoms. The molecule has 1 atom stereocenters. The lowest BCUT2D eigenvalue weighted by atomic mass is 9.91. The number of aryl methyl sites for hydroxylation is 1. The van der Waals surface area contributed by atoms with Crippen molar-refractivity contribution in [2.75, 3.05) is 46.4 Å². The summed E-state index contributed by atoms with van der Waals surface area (Å²) in [6, 6.07) is 12.4. The summed E-state index contributed by atoms with van der Waals surface area (Å²) < 4.78 is 19.1. The minimum absolute atomic E-state index is 0.207. The summed E-state index contributed by atoms with van der Waals surface area (Å²) >= 11 is 0. The minimum atomic E-state index is -0.628. The van der Waals surface area contributed by atoms with Crippen molar-refractivity contribution in [1.29, 1.82) is 0 Å². The molecule has 9 heteroatoms. The largest absolute Gasteiger partial charge is 0.463 e. The number of carbonyl (C=O) groups is 3. The lowest BCUT2D eigenvalue weighted by molar-refractivity contribution is -0.139. The zero-order chi connectivity index (χ0) is 26.5. The summed E-state index contributed by atoms with van der Waals surface area (Å²) in [4.78, 5) is 44.5. The number of esters is 1. The van der Waals surface area contributed by atoms with E-state index in [1.165, 1.54) is 23.1 Å². The quantitative estimate of drug-likeness (QED) is 0.604. The number of ether oxygens (including phenoxy) is 1. The molecule has 0 radical (unpaired) electrons. The van der Waals surface area contributed by atoms with Gasteiger partial charge in [-0.05, 0) is 49.6 Å². The number of benzene rings is 2. The third-order valence-electron chi connectivity index (χ3n) is 6.89. The van der Waals surface area contributed by atoms with Crippen LogP contribution in [0.3, 0.4) is 0 Å². The van der Waals surface area contributed by atoms with Crippen LogP contribution in [0.25, 0.3) is 0 Å². The second-order valence-corrected chi connectivity index (χ2v) is 9.31. The first-order chi connectivity index (χ1) is 17.8. The molecule has 37 heavy (non-hydrogen) atoms. The van der Waals surface area contributed by atoms with Gasteiger partial charge in [-0.15, -0.1) is 0 Å². The number of hydrogen-bond donors (Lipinski definition) is 1. The van der Waals surface area contributed by atoms with E-state index in [1.807, 2.05) is 31.2 Å². The van der Waals surface area contributed by atoms with Crippen molar-refractivity contribution < 1.29 is 23.5 Å². The Kier molecular flexibility index (Phi) is 8.23. The number of nitrogens with zero attached hydrogens (tertiary/aromatic N) is 3. The van der Waals surface area contributed by atoms with E-state index < -0.39 is 17.8 Å². The summed E-state index contributed by atoms with van der Waals surface area (Å²) in [5.74, 6) is -1.11. The number of likely N-dealkylation sites (N-methyl/N-ethyl adjacent to an activating group) is 1. The Hall–Kier alpha value is -3.72. The van der Waals surface area contributed by atoms with Crippen LogP contribution in [-0.2, 0) is 9.53 Å². The van der Waals surface area contributed by atoms with Gasteiger partial charge in [0.25, 0.3) is 5.91 Å². The highest BCUT2D eigenvalue weighted by Gasteiger charge is 2.38. The van der Waals surface area contributed by atoms with Gasteiger partial charge in [-0.2, -0.15) is 0 Å². The number of halogens is 1. The van der Waals surface area contributed by atoms with E-state index in [9.17, 15) is 18.8 Å². The van der Waals surface area contributed by atoms with E-state index >= 15 is 0 Å². The van der Waals surface area contributed by atoms with Gasteiger partial charge in [-0.1, -0.05) is 30.3 Å². The SMILES string of the molecule is CCOC(=O)C1=C(CN2CCCN(C(=O)c3cccc(F)c3)CC2)N(C)C(=O)N[C@H]1c1ccccc1C. The van der Waals surface area contributed by atoms with Gasteiger partial charge in [0.15, 0.2) is 0 Å². The molecule has 2 heterocycles. The van der Waals surface area contributed by atoms with E-state index in [0.29, 0.717) is 56.0 Å². The van der Waals surface area contributed by atoms with Crippen LogP contribution in [0.15, 0.2) is 59.8 Å². The monoisotopic (exact) mass is 508 g/mol. The fraction of sp³-hybridized carbons (Fsp3) is 0.393. The van der Waals surface area contributed by atoms with E-state index in [1.54, 1.807) is 24.9 Å². The van der Waals surface area contributed by atoms with Crippen LogP contribution < -0.4 is 5.32 Å². The van der Waals surface area contributed by atoms with Crippen LogP contribution in [0, 0.1) is 12.7 Å². The first-order valence-corrected chi connectivity index (χ1v) is 12.6.